The van der Waals surface area contributed by atoms with Crippen LogP contribution in [0, 0.1) is 17.7 Å². The number of nitrogens with zero attached hydrogens (tertiary/aromatic N) is 1. The van der Waals surface area contributed by atoms with Crippen LogP contribution in [0.5, 0.6) is 5.75 Å². The van der Waals surface area contributed by atoms with Gasteiger partial charge >= 0.3 is 6.18 Å². The van der Waals surface area contributed by atoms with Crippen LogP contribution in [0.2, 0.25) is 0 Å². The second kappa shape index (κ2) is 14.8. The van der Waals surface area contributed by atoms with Crippen LogP contribution in [0.1, 0.15) is 23.3 Å². The zero-order valence-corrected chi connectivity index (χ0v) is 24.5. The second-order valence-electron chi connectivity index (χ2n) is 10.1. The first kappa shape index (κ1) is 31.7. The van der Waals surface area contributed by atoms with E-state index in [1.54, 1.807) is 12.1 Å². The largest absolute Gasteiger partial charge is 0.489 e. The van der Waals surface area contributed by atoms with E-state index < -0.39 is 18.4 Å². The molecule has 1 aromatic heterocycles. The van der Waals surface area contributed by atoms with Gasteiger partial charge in [-0.15, -0.1) is 11.3 Å². The molecule has 0 unspecified atom stereocenters. The summed E-state index contributed by atoms with van der Waals surface area (Å²) in [4.78, 5) is 2.62. The topological polar surface area (TPSA) is 78.0 Å². The second-order valence-corrected chi connectivity index (χ2v) is 11.1. The molecule has 0 saturated carbocycles. The maximum absolute atomic E-state index is 14.7. The number of halogens is 4. The molecule has 0 bridgehead atoms. The van der Waals surface area contributed by atoms with Crippen molar-refractivity contribution >= 4 is 38.5 Å². The molecule has 0 aliphatic carbocycles. The Hall–Kier alpha value is -3.24. The summed E-state index contributed by atoms with van der Waals surface area (Å²) in [7, 11) is 3.61. The van der Waals surface area contributed by atoms with Crippen LogP contribution in [-0.4, -0.2) is 82.4 Å². The molecule has 1 aliphatic rings. The first-order chi connectivity index (χ1) is 20.2. The van der Waals surface area contributed by atoms with Gasteiger partial charge in [-0.2, -0.15) is 13.2 Å². The van der Waals surface area contributed by atoms with E-state index in [-0.39, 0.29) is 43.6 Å². The molecule has 1 fully saturated rings. The van der Waals surface area contributed by atoms with Gasteiger partial charge in [-0.3, -0.25) is 0 Å². The number of anilines is 3. The predicted octanol–water partition coefficient (Wildman–Crippen LogP) is 5.54. The lowest BCUT2D eigenvalue weighted by atomic mass is 10.0. The summed E-state index contributed by atoms with van der Waals surface area (Å²) in [5.74, 6) is 5.64. The third-order valence-corrected chi connectivity index (χ3v) is 8.08. The quantitative estimate of drug-likeness (QED) is 0.122. The normalized spacial score (nSPS) is 14.5. The molecule has 12 heteroatoms. The number of piperidine rings is 1. The molecule has 1 saturated heterocycles. The zero-order chi connectivity index (χ0) is 30.1. The number of nitrogens with one attached hydrogen (secondary N) is 3. The van der Waals surface area contributed by atoms with Crippen molar-refractivity contribution in [2.24, 2.45) is 0 Å². The maximum atomic E-state index is 14.7. The van der Waals surface area contributed by atoms with E-state index in [1.165, 1.54) is 30.6 Å². The third-order valence-electron chi connectivity index (χ3n) is 6.88. The van der Waals surface area contributed by atoms with Crippen molar-refractivity contribution in [1.29, 1.82) is 0 Å². The molecule has 228 valence electrons. The number of aliphatic hydroxyl groups excluding tert-OH is 1. The lowest BCUT2D eigenvalue weighted by Crippen LogP contribution is -2.36. The first-order valence-electron chi connectivity index (χ1n) is 13.8. The van der Waals surface area contributed by atoms with Gasteiger partial charge in [-0.05, 0) is 50.0 Å². The number of likely N-dealkylation sites (tertiary alicyclic amines) is 1. The Morgan fingerprint density at radius 2 is 1.88 bits per heavy atom. The molecule has 2 aromatic carbocycles. The standard InChI is InChI=1S/C30H36F4N4O3S/c1-38-12-8-20(9-13-38)37-24-6-3-5-21-22(19-30(32,33)34)28(42-29(21)24)7-4-10-35-26-17-23(31)25(36-11-14-39)18-27(26)41-16-15-40-2/h3,5-6,17-18,20,35-37,39H,8-16,19H2,1-2H3. The highest BCUT2D eigenvalue weighted by Gasteiger charge is 2.31. The van der Waals surface area contributed by atoms with E-state index in [0.29, 0.717) is 28.3 Å². The fourth-order valence-corrected chi connectivity index (χ4v) is 5.94. The van der Waals surface area contributed by atoms with Crippen LogP contribution >= 0.6 is 11.3 Å². The maximum Gasteiger partial charge on any atom is 0.393 e. The Morgan fingerprint density at radius 3 is 2.60 bits per heavy atom. The number of hydrogen-bond acceptors (Lipinski definition) is 8. The van der Waals surface area contributed by atoms with Gasteiger partial charge in [0.15, 0.2) is 0 Å². The first-order valence-corrected chi connectivity index (χ1v) is 14.6. The predicted molar refractivity (Wildman–Crippen MR) is 160 cm³/mol. The summed E-state index contributed by atoms with van der Waals surface area (Å²) in [6.45, 7) is 2.51. The van der Waals surface area contributed by atoms with Gasteiger partial charge in [0.05, 0.1) is 52.8 Å². The molecule has 0 radical (unpaired) electrons. The lowest BCUT2D eigenvalue weighted by Gasteiger charge is -2.30. The Bertz CT molecular complexity index is 1400. The molecule has 1 aliphatic heterocycles. The number of fused-ring (bicyclic) bond motifs is 1. The van der Waals surface area contributed by atoms with Gasteiger partial charge in [0, 0.05) is 31.8 Å². The molecule has 42 heavy (non-hydrogen) atoms. The van der Waals surface area contributed by atoms with Crippen molar-refractivity contribution in [3.8, 4) is 17.6 Å². The number of aliphatic hydroxyl groups is 1. The van der Waals surface area contributed by atoms with Gasteiger partial charge < -0.3 is 35.4 Å². The molecule has 7 nitrogen and oxygen atoms in total. The Morgan fingerprint density at radius 1 is 1.10 bits per heavy atom. The summed E-state index contributed by atoms with van der Waals surface area (Å²) in [6, 6.07) is 8.39. The fraction of sp³-hybridized carbons (Fsp3) is 0.467. The van der Waals surface area contributed by atoms with Gasteiger partial charge in [0.25, 0.3) is 0 Å². The highest BCUT2D eigenvalue weighted by molar-refractivity contribution is 7.20. The molecular formula is C30H36F4N4O3S. The molecule has 2 heterocycles. The van der Waals surface area contributed by atoms with Gasteiger partial charge in [0.2, 0.25) is 0 Å². The van der Waals surface area contributed by atoms with Gasteiger partial charge in [0.1, 0.15) is 18.2 Å². The summed E-state index contributed by atoms with van der Waals surface area (Å²) in [6.07, 6.45) is -3.55. The van der Waals surface area contributed by atoms with E-state index >= 15 is 0 Å². The third kappa shape index (κ3) is 8.64. The van der Waals surface area contributed by atoms with Crippen molar-refractivity contribution in [3.05, 3.63) is 46.6 Å². The minimum absolute atomic E-state index is 0.0455. The SMILES string of the molecule is COCCOc1cc(NCCO)c(F)cc1NCC#Cc1sc2c(NC3CCN(C)CC3)cccc2c1CC(F)(F)F. The highest BCUT2D eigenvalue weighted by atomic mass is 32.1. The number of hydrogen-bond donors (Lipinski definition) is 4. The van der Waals surface area contributed by atoms with E-state index in [2.05, 4.69) is 39.7 Å². The van der Waals surface area contributed by atoms with E-state index in [1.807, 2.05) is 6.07 Å². The van der Waals surface area contributed by atoms with Crippen LogP contribution in [0.4, 0.5) is 34.6 Å². The number of rotatable bonds is 12. The summed E-state index contributed by atoms with van der Waals surface area (Å²) in [5.41, 5.74) is 1.49. The zero-order valence-electron chi connectivity index (χ0n) is 23.7. The Kier molecular flexibility index (Phi) is 11.2. The average Bonchev–Trinajstić information content (AvgIpc) is 3.29. The van der Waals surface area contributed by atoms with E-state index in [4.69, 9.17) is 14.6 Å². The molecule has 0 atom stereocenters. The van der Waals surface area contributed by atoms with Crippen LogP contribution in [0.15, 0.2) is 30.3 Å². The van der Waals surface area contributed by atoms with Crippen LogP contribution in [0.3, 0.4) is 0 Å². The van der Waals surface area contributed by atoms with Crippen molar-refractivity contribution in [1.82, 2.24) is 4.90 Å². The molecule has 4 rings (SSSR count). The monoisotopic (exact) mass is 608 g/mol. The van der Waals surface area contributed by atoms with Crippen molar-refractivity contribution < 1.29 is 32.1 Å². The molecule has 0 spiro atoms. The molecular weight excluding hydrogens is 572 g/mol. The van der Waals surface area contributed by atoms with E-state index in [0.717, 1.165) is 36.3 Å². The highest BCUT2D eigenvalue weighted by Crippen LogP contribution is 2.39. The number of methoxy groups -OCH3 is 1. The van der Waals surface area contributed by atoms with Gasteiger partial charge in [-0.1, -0.05) is 24.0 Å². The number of benzene rings is 2. The Labute approximate surface area is 247 Å². The van der Waals surface area contributed by atoms with Crippen LogP contribution < -0.4 is 20.7 Å². The molecule has 4 N–H and O–H groups in total. The van der Waals surface area contributed by atoms with Gasteiger partial charge in [-0.25, -0.2) is 4.39 Å². The summed E-state index contributed by atoms with van der Waals surface area (Å²) >= 11 is 1.25. The number of ether oxygens (including phenoxy) is 2. The minimum Gasteiger partial charge on any atom is -0.489 e. The van der Waals surface area contributed by atoms with Crippen molar-refractivity contribution in [3.63, 3.8) is 0 Å². The fourth-order valence-electron chi connectivity index (χ4n) is 4.77. The lowest BCUT2D eigenvalue weighted by molar-refractivity contribution is -0.126. The van der Waals surface area contributed by atoms with Crippen LogP contribution in [-0.2, 0) is 11.2 Å². The van der Waals surface area contributed by atoms with E-state index in [9.17, 15) is 17.6 Å². The summed E-state index contributed by atoms with van der Waals surface area (Å²) in [5, 5.41) is 19.0. The molecule has 3 aromatic rings. The van der Waals surface area contributed by atoms with Crippen molar-refractivity contribution in [2.45, 2.75) is 31.5 Å². The average molecular weight is 609 g/mol. The minimum atomic E-state index is -4.39. The van der Waals surface area contributed by atoms with Crippen molar-refractivity contribution in [2.75, 3.05) is 76.1 Å². The number of thiophene rings is 1. The number of alkyl halides is 3. The Balaban J connectivity index is 1.57. The molecule has 0 amide bonds. The smallest absolute Gasteiger partial charge is 0.393 e. The summed E-state index contributed by atoms with van der Waals surface area (Å²) < 4.78 is 67.0. The van der Waals surface area contributed by atoms with Crippen LogP contribution in [0.25, 0.3) is 10.1 Å².